The number of nitrogens with zero attached hydrogens (tertiary/aromatic N) is 4. The Kier molecular flexibility index (Phi) is 4.78. The average molecular weight is 299 g/mol. The van der Waals surface area contributed by atoms with Gasteiger partial charge in [0.25, 0.3) is 0 Å². The van der Waals surface area contributed by atoms with Crippen molar-refractivity contribution in [1.82, 2.24) is 25.5 Å². The average Bonchev–Trinajstić information content (AvgIpc) is 2.93. The van der Waals surface area contributed by atoms with E-state index in [0.717, 1.165) is 18.4 Å². The van der Waals surface area contributed by atoms with Crippen molar-refractivity contribution in [2.24, 2.45) is 0 Å². The van der Waals surface area contributed by atoms with Gasteiger partial charge in [0, 0.05) is 6.04 Å². The zero-order chi connectivity index (χ0) is 15.2. The summed E-state index contributed by atoms with van der Waals surface area (Å²) < 4.78 is 1.52. The lowest BCUT2D eigenvalue weighted by atomic mass is 10.0. The molecule has 2 aromatic rings. The molecule has 1 amide bonds. The molecule has 0 unspecified atom stereocenters. The Morgan fingerprint density at radius 2 is 1.86 bits per heavy atom. The van der Waals surface area contributed by atoms with Crippen LogP contribution in [-0.4, -0.2) is 32.2 Å². The van der Waals surface area contributed by atoms with E-state index < -0.39 is 6.04 Å². The number of aromatic nitrogens is 4. The van der Waals surface area contributed by atoms with E-state index in [2.05, 4.69) is 20.8 Å². The monoisotopic (exact) mass is 299 g/mol. The number of amides is 1. The van der Waals surface area contributed by atoms with Crippen molar-refractivity contribution in [2.75, 3.05) is 0 Å². The normalized spacial score (nSPS) is 17.6. The summed E-state index contributed by atoms with van der Waals surface area (Å²) >= 11 is 0. The molecule has 0 saturated heterocycles. The smallest absolute Gasteiger partial charge is 0.249 e. The SMILES string of the molecule is O=C(NC1CCCCCC1)[C@@H](c1ccccc1)n1cnnn1. The predicted octanol–water partition coefficient (Wildman–Crippen LogP) is 2.10. The van der Waals surface area contributed by atoms with Crippen LogP contribution in [0.4, 0.5) is 0 Å². The summed E-state index contributed by atoms with van der Waals surface area (Å²) in [6.07, 6.45) is 8.51. The van der Waals surface area contributed by atoms with Crippen LogP contribution < -0.4 is 5.32 Å². The molecule has 1 aliphatic rings. The lowest BCUT2D eigenvalue weighted by Crippen LogP contribution is -2.40. The van der Waals surface area contributed by atoms with Gasteiger partial charge in [-0.1, -0.05) is 56.0 Å². The second kappa shape index (κ2) is 7.15. The fourth-order valence-corrected chi connectivity index (χ4v) is 3.05. The van der Waals surface area contributed by atoms with Crippen LogP contribution in [0.5, 0.6) is 0 Å². The fraction of sp³-hybridized carbons (Fsp3) is 0.500. The summed E-state index contributed by atoms with van der Waals surface area (Å²) in [5.74, 6) is -0.0367. The highest BCUT2D eigenvalue weighted by atomic mass is 16.2. The minimum atomic E-state index is -0.514. The van der Waals surface area contributed by atoms with Crippen molar-refractivity contribution >= 4 is 5.91 Å². The van der Waals surface area contributed by atoms with Gasteiger partial charge in [-0.25, -0.2) is 4.68 Å². The Hall–Kier alpha value is -2.24. The summed E-state index contributed by atoms with van der Waals surface area (Å²) in [5, 5.41) is 14.4. The van der Waals surface area contributed by atoms with Crippen molar-refractivity contribution in [2.45, 2.75) is 50.6 Å². The lowest BCUT2D eigenvalue weighted by Gasteiger charge is -2.21. The second-order valence-electron chi connectivity index (χ2n) is 5.80. The molecule has 0 aliphatic heterocycles. The van der Waals surface area contributed by atoms with Gasteiger partial charge in [-0.15, -0.1) is 5.10 Å². The van der Waals surface area contributed by atoms with Crippen molar-refractivity contribution in [3.8, 4) is 0 Å². The number of tetrazole rings is 1. The molecule has 6 heteroatoms. The molecule has 1 heterocycles. The predicted molar refractivity (Wildman–Crippen MR) is 82.0 cm³/mol. The van der Waals surface area contributed by atoms with Gasteiger partial charge < -0.3 is 5.32 Å². The van der Waals surface area contributed by atoms with E-state index in [0.29, 0.717) is 0 Å². The van der Waals surface area contributed by atoms with E-state index in [1.54, 1.807) is 0 Å². The number of benzene rings is 1. The van der Waals surface area contributed by atoms with Gasteiger partial charge in [0.2, 0.25) is 5.91 Å². The number of carbonyl (C=O) groups excluding carboxylic acids is 1. The van der Waals surface area contributed by atoms with Crippen LogP contribution in [0.3, 0.4) is 0 Å². The quantitative estimate of drug-likeness (QED) is 0.878. The number of hydrogen-bond donors (Lipinski definition) is 1. The van der Waals surface area contributed by atoms with Crippen molar-refractivity contribution in [3.63, 3.8) is 0 Å². The van der Waals surface area contributed by atoms with Gasteiger partial charge in [0.05, 0.1) is 0 Å². The van der Waals surface area contributed by atoms with Gasteiger partial charge in [-0.2, -0.15) is 0 Å². The van der Waals surface area contributed by atoms with Crippen LogP contribution in [0.2, 0.25) is 0 Å². The van der Waals surface area contributed by atoms with Crippen LogP contribution in [0.25, 0.3) is 0 Å². The van der Waals surface area contributed by atoms with E-state index >= 15 is 0 Å². The number of hydrogen-bond acceptors (Lipinski definition) is 4. The topological polar surface area (TPSA) is 72.7 Å². The van der Waals surface area contributed by atoms with Crippen LogP contribution >= 0.6 is 0 Å². The van der Waals surface area contributed by atoms with Gasteiger partial charge in [-0.05, 0) is 28.8 Å². The van der Waals surface area contributed by atoms with E-state index in [-0.39, 0.29) is 11.9 Å². The first-order valence-electron chi connectivity index (χ1n) is 7.92. The first-order chi connectivity index (χ1) is 10.8. The standard InChI is InChI=1S/C16H21N5O/c22-16(18-14-10-6-1-2-7-11-14)15(21-12-17-19-20-21)13-8-4-3-5-9-13/h3-5,8-9,12,14-15H,1-2,6-7,10-11H2,(H,18,22)/t15-/m1/s1. The maximum Gasteiger partial charge on any atom is 0.249 e. The molecular formula is C16H21N5O. The summed E-state index contributed by atoms with van der Waals surface area (Å²) in [7, 11) is 0. The summed E-state index contributed by atoms with van der Waals surface area (Å²) in [4.78, 5) is 12.8. The second-order valence-corrected chi connectivity index (χ2v) is 5.80. The Morgan fingerprint density at radius 1 is 1.14 bits per heavy atom. The molecule has 116 valence electrons. The molecule has 0 bridgehead atoms. The molecule has 1 aromatic carbocycles. The molecule has 1 saturated carbocycles. The zero-order valence-electron chi connectivity index (χ0n) is 12.6. The van der Waals surface area contributed by atoms with Gasteiger partial charge >= 0.3 is 0 Å². The Bertz CT molecular complexity index is 576. The molecule has 0 radical (unpaired) electrons. The summed E-state index contributed by atoms with van der Waals surface area (Å²) in [6, 6.07) is 9.38. The third kappa shape index (κ3) is 3.50. The first kappa shape index (κ1) is 14.7. The lowest BCUT2D eigenvalue weighted by molar-refractivity contribution is -0.124. The van der Waals surface area contributed by atoms with E-state index in [1.807, 2.05) is 30.3 Å². The largest absolute Gasteiger partial charge is 0.351 e. The van der Waals surface area contributed by atoms with E-state index in [1.165, 1.54) is 36.7 Å². The van der Waals surface area contributed by atoms with Crippen molar-refractivity contribution < 1.29 is 4.79 Å². The molecular weight excluding hydrogens is 278 g/mol. The molecule has 6 nitrogen and oxygen atoms in total. The fourth-order valence-electron chi connectivity index (χ4n) is 3.05. The van der Waals surface area contributed by atoms with Crippen LogP contribution in [0.1, 0.15) is 50.1 Å². The third-order valence-electron chi connectivity index (χ3n) is 4.19. The molecule has 1 N–H and O–H groups in total. The molecule has 1 atom stereocenters. The summed E-state index contributed by atoms with van der Waals surface area (Å²) in [6.45, 7) is 0. The Labute approximate surface area is 129 Å². The van der Waals surface area contributed by atoms with E-state index in [9.17, 15) is 4.79 Å². The van der Waals surface area contributed by atoms with E-state index in [4.69, 9.17) is 0 Å². The minimum absolute atomic E-state index is 0.0367. The van der Waals surface area contributed by atoms with Crippen molar-refractivity contribution in [3.05, 3.63) is 42.2 Å². The van der Waals surface area contributed by atoms with Gasteiger partial charge in [0.15, 0.2) is 6.04 Å². The molecule has 0 spiro atoms. The van der Waals surface area contributed by atoms with Gasteiger partial charge in [0.1, 0.15) is 6.33 Å². The minimum Gasteiger partial charge on any atom is -0.351 e. The Balaban J connectivity index is 1.78. The molecule has 1 fully saturated rings. The maximum atomic E-state index is 12.8. The van der Waals surface area contributed by atoms with Crippen LogP contribution in [0, 0.1) is 0 Å². The van der Waals surface area contributed by atoms with Crippen molar-refractivity contribution in [1.29, 1.82) is 0 Å². The highest BCUT2D eigenvalue weighted by molar-refractivity contribution is 5.83. The molecule has 1 aromatic heterocycles. The molecule has 1 aliphatic carbocycles. The Morgan fingerprint density at radius 3 is 2.50 bits per heavy atom. The first-order valence-corrected chi connectivity index (χ1v) is 7.92. The highest BCUT2D eigenvalue weighted by Crippen LogP contribution is 2.20. The third-order valence-corrected chi connectivity index (χ3v) is 4.19. The molecule has 3 rings (SSSR count). The number of rotatable bonds is 4. The van der Waals surface area contributed by atoms with Gasteiger partial charge in [-0.3, -0.25) is 4.79 Å². The molecule has 22 heavy (non-hydrogen) atoms. The zero-order valence-corrected chi connectivity index (χ0v) is 12.6. The van der Waals surface area contributed by atoms with Crippen LogP contribution in [-0.2, 0) is 4.79 Å². The number of nitrogens with one attached hydrogen (secondary N) is 1. The number of carbonyl (C=O) groups is 1. The highest BCUT2D eigenvalue weighted by Gasteiger charge is 2.26. The maximum absolute atomic E-state index is 12.8. The van der Waals surface area contributed by atoms with Crippen LogP contribution in [0.15, 0.2) is 36.7 Å². The summed E-state index contributed by atoms with van der Waals surface area (Å²) in [5.41, 5.74) is 0.890.